The molecule has 1 N–H and O–H groups in total. The minimum absolute atomic E-state index is 0.301. The summed E-state index contributed by atoms with van der Waals surface area (Å²) in [5.41, 5.74) is 2.57. The van der Waals surface area contributed by atoms with E-state index in [1.165, 1.54) is 24.0 Å². The van der Waals surface area contributed by atoms with Crippen molar-refractivity contribution in [3.63, 3.8) is 0 Å². The van der Waals surface area contributed by atoms with Crippen LogP contribution in [0.1, 0.15) is 44.2 Å². The van der Waals surface area contributed by atoms with Gasteiger partial charge in [-0.25, -0.2) is 0 Å². The first-order valence-corrected chi connectivity index (χ1v) is 8.22. The van der Waals surface area contributed by atoms with Gasteiger partial charge in [-0.05, 0) is 42.9 Å². The molecule has 3 heteroatoms. The lowest BCUT2D eigenvalue weighted by Gasteiger charge is -2.22. The van der Waals surface area contributed by atoms with Gasteiger partial charge in [-0.15, -0.1) is 0 Å². The fourth-order valence-corrected chi connectivity index (χ4v) is 2.58. The van der Waals surface area contributed by atoms with E-state index in [2.05, 4.69) is 43.4 Å². The molecule has 1 aliphatic heterocycles. The quantitative estimate of drug-likeness (QED) is 0.795. The maximum absolute atomic E-state index is 5.81. The summed E-state index contributed by atoms with van der Waals surface area (Å²) in [7, 11) is 0. The first-order valence-electron chi connectivity index (χ1n) is 8.22. The zero-order valence-electron chi connectivity index (χ0n) is 13.4. The van der Waals surface area contributed by atoms with Gasteiger partial charge in [0.2, 0.25) is 0 Å². The summed E-state index contributed by atoms with van der Waals surface area (Å²) in [6, 6.07) is 8.64. The topological polar surface area (TPSA) is 30.5 Å². The third kappa shape index (κ3) is 6.60. The summed E-state index contributed by atoms with van der Waals surface area (Å²) in [4.78, 5) is 0. The zero-order valence-corrected chi connectivity index (χ0v) is 13.4. The second kappa shape index (κ2) is 9.19. The Hall–Kier alpha value is -0.900. The summed E-state index contributed by atoms with van der Waals surface area (Å²) in [6.45, 7) is 8.73. The molecule has 21 heavy (non-hydrogen) atoms. The van der Waals surface area contributed by atoms with Crippen molar-refractivity contribution >= 4 is 0 Å². The monoisotopic (exact) mass is 291 g/mol. The predicted molar refractivity (Wildman–Crippen MR) is 86.2 cm³/mol. The van der Waals surface area contributed by atoms with Crippen LogP contribution in [0, 0.1) is 5.92 Å². The summed E-state index contributed by atoms with van der Waals surface area (Å²) >= 11 is 0. The second-order valence-corrected chi connectivity index (χ2v) is 6.35. The standard InChI is InChI=1S/C18H29NO2/c1-15(2)11-19-12-16-6-5-7-17(10-16)13-20-14-18-8-3-4-9-21-18/h5-7,10,15,18-19H,3-4,8-9,11-14H2,1-2H3. The van der Waals surface area contributed by atoms with Crippen molar-refractivity contribution in [1.29, 1.82) is 0 Å². The van der Waals surface area contributed by atoms with Crippen LogP contribution in [0.2, 0.25) is 0 Å². The molecule has 1 aromatic rings. The van der Waals surface area contributed by atoms with Crippen molar-refractivity contribution in [2.75, 3.05) is 19.8 Å². The van der Waals surface area contributed by atoms with Crippen LogP contribution in [-0.2, 0) is 22.6 Å². The molecular weight excluding hydrogens is 262 g/mol. The van der Waals surface area contributed by atoms with Crippen molar-refractivity contribution in [3.05, 3.63) is 35.4 Å². The SMILES string of the molecule is CC(C)CNCc1cccc(COCC2CCCCO2)c1. The maximum atomic E-state index is 5.81. The van der Waals surface area contributed by atoms with E-state index in [-0.39, 0.29) is 0 Å². The average molecular weight is 291 g/mol. The highest BCUT2D eigenvalue weighted by atomic mass is 16.5. The van der Waals surface area contributed by atoms with Crippen molar-refractivity contribution in [1.82, 2.24) is 5.32 Å². The molecule has 1 aliphatic rings. The largest absolute Gasteiger partial charge is 0.376 e. The molecule has 1 saturated heterocycles. The van der Waals surface area contributed by atoms with E-state index in [1.54, 1.807) is 0 Å². The van der Waals surface area contributed by atoms with Crippen LogP contribution in [-0.4, -0.2) is 25.9 Å². The van der Waals surface area contributed by atoms with Gasteiger partial charge in [-0.1, -0.05) is 38.1 Å². The molecule has 0 saturated carbocycles. The van der Waals surface area contributed by atoms with E-state index in [4.69, 9.17) is 9.47 Å². The minimum atomic E-state index is 0.301. The predicted octanol–water partition coefficient (Wildman–Crippen LogP) is 3.52. The Kier molecular flexibility index (Phi) is 7.20. The van der Waals surface area contributed by atoms with Crippen molar-refractivity contribution in [2.24, 2.45) is 5.92 Å². The molecular formula is C18H29NO2. The van der Waals surface area contributed by atoms with Crippen LogP contribution in [0.25, 0.3) is 0 Å². The molecule has 0 amide bonds. The summed E-state index contributed by atoms with van der Waals surface area (Å²) < 4.78 is 11.5. The van der Waals surface area contributed by atoms with E-state index in [0.717, 1.165) is 32.7 Å². The number of rotatable bonds is 8. The molecule has 1 unspecified atom stereocenters. The summed E-state index contributed by atoms with van der Waals surface area (Å²) in [6.07, 6.45) is 3.90. The van der Waals surface area contributed by atoms with Crippen molar-refractivity contribution in [3.8, 4) is 0 Å². The lowest BCUT2D eigenvalue weighted by Crippen LogP contribution is -2.24. The van der Waals surface area contributed by atoms with Gasteiger partial charge in [0.15, 0.2) is 0 Å². The Balaban J connectivity index is 1.70. The molecule has 1 fully saturated rings. The molecule has 0 aromatic heterocycles. The van der Waals surface area contributed by atoms with Crippen molar-refractivity contribution in [2.45, 2.75) is 52.4 Å². The van der Waals surface area contributed by atoms with Crippen LogP contribution in [0.5, 0.6) is 0 Å². The summed E-state index contributed by atoms with van der Waals surface area (Å²) in [5.74, 6) is 0.687. The Morgan fingerprint density at radius 2 is 2.14 bits per heavy atom. The van der Waals surface area contributed by atoms with Crippen molar-refractivity contribution < 1.29 is 9.47 Å². The van der Waals surface area contributed by atoms with Gasteiger partial charge in [0.05, 0.1) is 19.3 Å². The highest BCUT2D eigenvalue weighted by Crippen LogP contribution is 2.14. The number of nitrogens with one attached hydrogen (secondary N) is 1. The van der Waals surface area contributed by atoms with E-state index in [9.17, 15) is 0 Å². The molecule has 0 bridgehead atoms. The number of ether oxygens (including phenoxy) is 2. The van der Waals surface area contributed by atoms with Gasteiger partial charge in [-0.3, -0.25) is 0 Å². The molecule has 1 atom stereocenters. The first-order chi connectivity index (χ1) is 10.2. The highest BCUT2D eigenvalue weighted by Gasteiger charge is 2.13. The van der Waals surface area contributed by atoms with Gasteiger partial charge in [0, 0.05) is 13.2 Å². The molecule has 1 heterocycles. The lowest BCUT2D eigenvalue weighted by atomic mass is 10.1. The Morgan fingerprint density at radius 3 is 2.90 bits per heavy atom. The number of hydrogen-bond acceptors (Lipinski definition) is 3. The molecule has 1 aromatic carbocycles. The van der Waals surface area contributed by atoms with Crippen LogP contribution in [0.3, 0.4) is 0 Å². The zero-order chi connectivity index (χ0) is 14.9. The third-order valence-electron chi connectivity index (χ3n) is 3.72. The highest BCUT2D eigenvalue weighted by molar-refractivity contribution is 5.22. The van der Waals surface area contributed by atoms with E-state index in [1.807, 2.05) is 0 Å². The Bertz CT molecular complexity index is 400. The van der Waals surface area contributed by atoms with Crippen LogP contribution >= 0.6 is 0 Å². The van der Waals surface area contributed by atoms with Gasteiger partial charge in [0.1, 0.15) is 0 Å². The minimum Gasteiger partial charge on any atom is -0.376 e. The Labute approximate surface area is 129 Å². The molecule has 0 spiro atoms. The van der Waals surface area contributed by atoms with Gasteiger partial charge >= 0.3 is 0 Å². The van der Waals surface area contributed by atoms with E-state index in [0.29, 0.717) is 18.6 Å². The van der Waals surface area contributed by atoms with Crippen LogP contribution in [0.15, 0.2) is 24.3 Å². The van der Waals surface area contributed by atoms with Gasteiger partial charge in [0.25, 0.3) is 0 Å². The smallest absolute Gasteiger partial charge is 0.0808 e. The Morgan fingerprint density at radius 1 is 1.29 bits per heavy atom. The molecule has 0 aliphatic carbocycles. The normalized spacial score (nSPS) is 19.1. The molecule has 0 radical (unpaired) electrons. The molecule has 118 valence electrons. The average Bonchev–Trinajstić information content (AvgIpc) is 2.48. The summed E-state index contributed by atoms with van der Waals surface area (Å²) in [5, 5.41) is 3.48. The van der Waals surface area contributed by atoms with E-state index < -0.39 is 0 Å². The van der Waals surface area contributed by atoms with Crippen LogP contribution in [0.4, 0.5) is 0 Å². The third-order valence-corrected chi connectivity index (χ3v) is 3.72. The fourth-order valence-electron chi connectivity index (χ4n) is 2.58. The molecule has 2 rings (SSSR count). The second-order valence-electron chi connectivity index (χ2n) is 6.35. The first kappa shape index (κ1) is 16.5. The van der Waals surface area contributed by atoms with E-state index >= 15 is 0 Å². The lowest BCUT2D eigenvalue weighted by molar-refractivity contribution is -0.0447. The van der Waals surface area contributed by atoms with Gasteiger partial charge < -0.3 is 14.8 Å². The maximum Gasteiger partial charge on any atom is 0.0808 e. The van der Waals surface area contributed by atoms with Crippen LogP contribution < -0.4 is 5.32 Å². The number of hydrogen-bond donors (Lipinski definition) is 1. The fraction of sp³-hybridized carbons (Fsp3) is 0.667. The van der Waals surface area contributed by atoms with Gasteiger partial charge in [-0.2, -0.15) is 0 Å². The molecule has 3 nitrogen and oxygen atoms in total. The number of benzene rings is 1.